The Morgan fingerprint density at radius 1 is 1.09 bits per heavy atom. The monoisotopic (exact) mass is 326 g/mol. The van der Waals surface area contributed by atoms with Crippen molar-refractivity contribution in [2.45, 2.75) is 6.61 Å². The maximum atomic E-state index is 11.5. The topological polar surface area (TPSA) is 84.5 Å². The third kappa shape index (κ3) is 2.40. The number of rotatable bonds is 2. The van der Waals surface area contributed by atoms with Crippen LogP contribution in [-0.2, 0) is 16.1 Å². The first-order valence-corrected chi connectivity index (χ1v) is 7.66. The number of nitrogens with one attached hydrogen (secondary N) is 2. The predicted octanol–water partition coefficient (Wildman–Crippen LogP) is 2.27. The van der Waals surface area contributed by atoms with E-state index < -0.39 is 11.9 Å². The lowest BCUT2D eigenvalue weighted by molar-refractivity contribution is -0.115. The minimum absolute atomic E-state index is 0.233. The number of esters is 1. The van der Waals surface area contributed by atoms with E-state index in [1.54, 1.807) is 12.1 Å². The van der Waals surface area contributed by atoms with Crippen LogP contribution in [0.2, 0.25) is 0 Å². The van der Waals surface area contributed by atoms with Crippen molar-refractivity contribution in [3.05, 3.63) is 52.0 Å². The van der Waals surface area contributed by atoms with Crippen LogP contribution in [0.15, 0.2) is 36.0 Å². The Labute approximate surface area is 134 Å². The molecule has 6 nitrogen and oxygen atoms in total. The van der Waals surface area contributed by atoms with Gasteiger partial charge in [-0.05, 0) is 35.9 Å². The van der Waals surface area contributed by atoms with E-state index in [0.717, 1.165) is 20.9 Å². The Morgan fingerprint density at radius 3 is 2.74 bits per heavy atom. The molecule has 0 unspecified atom stereocenters. The Morgan fingerprint density at radius 2 is 1.96 bits per heavy atom. The highest BCUT2D eigenvalue weighted by Gasteiger charge is 2.23. The molecule has 2 N–H and O–H groups in total. The molecule has 4 rings (SSSR count). The number of urea groups is 1. The standard InChI is InChI=1S/C16H10N2O4S/c19-14-12(17-16(21)18-14)6-10-2-4-13(23-10)8-1-3-11-9(5-8)7-22-15(11)20/h1-6H,7H2,(H2,17,18,19,21). The highest BCUT2D eigenvalue weighted by atomic mass is 32.1. The maximum Gasteiger partial charge on any atom is 0.338 e. The van der Waals surface area contributed by atoms with Gasteiger partial charge in [0.1, 0.15) is 12.3 Å². The molecule has 0 radical (unpaired) electrons. The summed E-state index contributed by atoms with van der Waals surface area (Å²) in [6, 6.07) is 8.87. The third-order valence-corrected chi connectivity index (χ3v) is 4.68. The number of carbonyl (C=O) groups is 3. The van der Waals surface area contributed by atoms with Gasteiger partial charge in [-0.1, -0.05) is 6.07 Å². The van der Waals surface area contributed by atoms with E-state index >= 15 is 0 Å². The summed E-state index contributed by atoms with van der Waals surface area (Å²) in [5.74, 6) is -0.718. The molecule has 23 heavy (non-hydrogen) atoms. The van der Waals surface area contributed by atoms with Gasteiger partial charge in [-0.2, -0.15) is 0 Å². The van der Waals surface area contributed by atoms with Crippen LogP contribution in [0.4, 0.5) is 4.79 Å². The van der Waals surface area contributed by atoms with Crippen molar-refractivity contribution < 1.29 is 19.1 Å². The van der Waals surface area contributed by atoms with E-state index in [4.69, 9.17) is 4.74 Å². The Kier molecular flexibility index (Phi) is 3.02. The van der Waals surface area contributed by atoms with Crippen molar-refractivity contribution in [2.24, 2.45) is 0 Å². The second kappa shape index (κ2) is 5.06. The highest BCUT2D eigenvalue weighted by molar-refractivity contribution is 7.16. The van der Waals surface area contributed by atoms with E-state index in [9.17, 15) is 14.4 Å². The molecule has 0 bridgehead atoms. The Balaban J connectivity index is 1.64. The molecule has 7 heteroatoms. The largest absolute Gasteiger partial charge is 0.457 e. The van der Waals surface area contributed by atoms with Gasteiger partial charge in [-0.15, -0.1) is 11.3 Å². The molecule has 0 aliphatic carbocycles. The number of amides is 3. The molecule has 3 amide bonds. The van der Waals surface area contributed by atoms with E-state index in [1.807, 2.05) is 24.3 Å². The number of hydrogen-bond donors (Lipinski definition) is 2. The van der Waals surface area contributed by atoms with Gasteiger partial charge in [0.05, 0.1) is 5.56 Å². The van der Waals surface area contributed by atoms with Gasteiger partial charge in [0.2, 0.25) is 0 Å². The normalized spacial score (nSPS) is 17.9. The number of thiophene rings is 1. The fourth-order valence-electron chi connectivity index (χ4n) is 2.50. The van der Waals surface area contributed by atoms with Crippen LogP contribution < -0.4 is 10.6 Å². The summed E-state index contributed by atoms with van der Waals surface area (Å²) >= 11 is 1.49. The fraction of sp³-hybridized carbons (Fsp3) is 0.0625. The number of fused-ring (bicyclic) bond motifs is 1. The lowest BCUT2D eigenvalue weighted by Crippen LogP contribution is -2.22. The van der Waals surface area contributed by atoms with Gasteiger partial charge in [0.25, 0.3) is 5.91 Å². The van der Waals surface area contributed by atoms with Gasteiger partial charge in [0.15, 0.2) is 0 Å². The lowest BCUT2D eigenvalue weighted by atomic mass is 10.1. The summed E-state index contributed by atoms with van der Waals surface area (Å²) in [6.45, 7) is 0.302. The van der Waals surface area contributed by atoms with Crippen LogP contribution >= 0.6 is 11.3 Å². The summed E-state index contributed by atoms with van der Waals surface area (Å²) < 4.78 is 5.00. The zero-order valence-corrected chi connectivity index (χ0v) is 12.5. The average molecular weight is 326 g/mol. The zero-order valence-electron chi connectivity index (χ0n) is 11.7. The van der Waals surface area contributed by atoms with E-state index in [-0.39, 0.29) is 11.7 Å². The molecule has 1 saturated heterocycles. The van der Waals surface area contributed by atoms with Gasteiger partial charge >= 0.3 is 12.0 Å². The molecule has 2 aliphatic rings. The summed E-state index contributed by atoms with van der Waals surface area (Å²) in [5.41, 5.74) is 2.70. The number of benzene rings is 1. The molecule has 114 valence electrons. The van der Waals surface area contributed by atoms with Gasteiger partial charge in [-0.25, -0.2) is 9.59 Å². The van der Waals surface area contributed by atoms with Crippen LogP contribution in [0.5, 0.6) is 0 Å². The summed E-state index contributed by atoms with van der Waals surface area (Å²) in [5, 5.41) is 4.61. The zero-order chi connectivity index (χ0) is 16.0. The second-order valence-corrected chi connectivity index (χ2v) is 6.23. The minimum atomic E-state index is -0.513. The molecular weight excluding hydrogens is 316 g/mol. The van der Waals surface area contributed by atoms with E-state index in [2.05, 4.69) is 10.6 Å². The van der Waals surface area contributed by atoms with Crippen LogP contribution in [0.1, 0.15) is 20.8 Å². The maximum absolute atomic E-state index is 11.5. The Bertz CT molecular complexity index is 897. The van der Waals surface area contributed by atoms with Crippen LogP contribution in [0.25, 0.3) is 16.5 Å². The van der Waals surface area contributed by atoms with Crippen molar-refractivity contribution in [3.63, 3.8) is 0 Å². The molecule has 1 aromatic heterocycles. The summed E-state index contributed by atoms with van der Waals surface area (Å²) in [7, 11) is 0. The van der Waals surface area contributed by atoms with Gasteiger partial charge in [0, 0.05) is 15.3 Å². The predicted molar refractivity (Wildman–Crippen MR) is 83.5 cm³/mol. The van der Waals surface area contributed by atoms with Crippen molar-refractivity contribution in [1.29, 1.82) is 0 Å². The van der Waals surface area contributed by atoms with Crippen molar-refractivity contribution >= 4 is 35.3 Å². The van der Waals surface area contributed by atoms with Gasteiger partial charge in [-0.3, -0.25) is 10.1 Å². The SMILES string of the molecule is O=C1NC(=O)C(=Cc2ccc(-c3ccc4c(c3)COC4=O)s2)N1. The number of hydrogen-bond acceptors (Lipinski definition) is 5. The number of cyclic esters (lactones) is 1. The second-order valence-electron chi connectivity index (χ2n) is 5.12. The molecule has 2 aliphatic heterocycles. The molecule has 0 atom stereocenters. The fourth-order valence-corrected chi connectivity index (χ4v) is 3.44. The van der Waals surface area contributed by atoms with Gasteiger partial charge < -0.3 is 10.1 Å². The smallest absolute Gasteiger partial charge is 0.338 e. The Hall–Kier alpha value is -2.93. The summed E-state index contributed by atoms with van der Waals surface area (Å²) in [4.78, 5) is 35.9. The van der Waals surface area contributed by atoms with Crippen LogP contribution in [-0.4, -0.2) is 17.9 Å². The molecule has 3 heterocycles. The van der Waals surface area contributed by atoms with Crippen LogP contribution in [0, 0.1) is 0 Å². The molecular formula is C16H10N2O4S. The molecule has 0 saturated carbocycles. The number of carbonyl (C=O) groups excluding carboxylic acids is 3. The van der Waals surface area contributed by atoms with Crippen molar-refractivity contribution in [1.82, 2.24) is 10.6 Å². The average Bonchev–Trinajstić information content (AvgIpc) is 3.21. The number of ether oxygens (including phenoxy) is 1. The first-order chi connectivity index (χ1) is 11.1. The first kappa shape index (κ1) is 13.7. The third-order valence-electron chi connectivity index (χ3n) is 3.60. The summed E-state index contributed by atoms with van der Waals surface area (Å²) in [6.07, 6.45) is 1.63. The molecule has 1 aromatic carbocycles. The highest BCUT2D eigenvalue weighted by Crippen LogP contribution is 2.32. The first-order valence-electron chi connectivity index (χ1n) is 6.84. The minimum Gasteiger partial charge on any atom is -0.457 e. The molecule has 2 aromatic rings. The van der Waals surface area contributed by atoms with Crippen molar-refractivity contribution in [3.8, 4) is 10.4 Å². The van der Waals surface area contributed by atoms with E-state index in [1.165, 1.54) is 11.3 Å². The van der Waals surface area contributed by atoms with Crippen molar-refractivity contribution in [2.75, 3.05) is 0 Å². The number of imide groups is 1. The lowest BCUT2D eigenvalue weighted by Gasteiger charge is -1.99. The molecule has 1 fully saturated rings. The quantitative estimate of drug-likeness (QED) is 0.504. The van der Waals surface area contributed by atoms with Crippen LogP contribution in [0.3, 0.4) is 0 Å². The van der Waals surface area contributed by atoms with E-state index in [0.29, 0.717) is 12.2 Å². The molecule has 0 spiro atoms.